The van der Waals surface area contributed by atoms with Crippen LogP contribution in [0.5, 0.6) is 0 Å². The van der Waals surface area contributed by atoms with E-state index in [0.29, 0.717) is 25.7 Å². The van der Waals surface area contributed by atoms with E-state index in [1.807, 2.05) is 53.4 Å². The molecule has 1 saturated carbocycles. The van der Waals surface area contributed by atoms with Crippen LogP contribution < -0.4 is 4.90 Å². The fourth-order valence-electron chi connectivity index (χ4n) is 4.00. The maximum absolute atomic E-state index is 13.3. The number of amides is 1. The lowest BCUT2D eigenvalue weighted by Crippen LogP contribution is -2.47. The van der Waals surface area contributed by atoms with Crippen molar-refractivity contribution < 1.29 is 19.4 Å². The van der Waals surface area contributed by atoms with Crippen LogP contribution in [-0.4, -0.2) is 30.8 Å². The van der Waals surface area contributed by atoms with Gasteiger partial charge >= 0.3 is 0 Å². The van der Waals surface area contributed by atoms with Gasteiger partial charge in [-0.1, -0.05) is 36.4 Å². The van der Waals surface area contributed by atoms with Crippen molar-refractivity contribution >= 4 is 11.6 Å². The minimum atomic E-state index is -1.35. The maximum atomic E-state index is 13.3. The van der Waals surface area contributed by atoms with Crippen molar-refractivity contribution in [3.8, 4) is 0 Å². The molecule has 1 aliphatic carbocycles. The van der Waals surface area contributed by atoms with Crippen molar-refractivity contribution in [1.29, 1.82) is 0 Å². The summed E-state index contributed by atoms with van der Waals surface area (Å²) in [7, 11) is 0. The Labute approximate surface area is 158 Å². The van der Waals surface area contributed by atoms with Gasteiger partial charge in [-0.3, -0.25) is 4.79 Å². The monoisotopic (exact) mass is 365 g/mol. The van der Waals surface area contributed by atoms with Crippen molar-refractivity contribution in [2.24, 2.45) is 5.92 Å². The standard InChI is InChI=1S/C22H23NO4/c24-20(16-5-2-1-3-6-16)17-9-10-19-18(13-17)22(26-11-4-12-27-22)21(25)23(19)14-15-7-8-15/h1-3,5-6,9-10,13,15,20,24H,4,7-8,11-12,14H2. The maximum Gasteiger partial charge on any atom is 0.292 e. The van der Waals surface area contributed by atoms with Crippen LogP contribution in [0.2, 0.25) is 0 Å². The summed E-state index contributed by atoms with van der Waals surface area (Å²) in [6.07, 6.45) is 2.35. The Morgan fingerprint density at radius 3 is 2.52 bits per heavy atom. The van der Waals surface area contributed by atoms with E-state index in [-0.39, 0.29) is 5.91 Å². The molecule has 2 aromatic rings. The minimum absolute atomic E-state index is 0.129. The van der Waals surface area contributed by atoms with Crippen LogP contribution in [0, 0.1) is 5.92 Å². The van der Waals surface area contributed by atoms with E-state index in [1.165, 1.54) is 12.8 Å². The topological polar surface area (TPSA) is 59.0 Å². The molecule has 1 atom stereocenters. The highest BCUT2D eigenvalue weighted by molar-refractivity contribution is 6.06. The van der Waals surface area contributed by atoms with Crippen LogP contribution in [0.25, 0.3) is 0 Å². The molecule has 0 aromatic heterocycles. The Balaban J connectivity index is 1.57. The zero-order valence-electron chi connectivity index (χ0n) is 15.1. The second-order valence-electron chi connectivity index (χ2n) is 7.62. The molecule has 5 heteroatoms. The fraction of sp³-hybridized carbons (Fsp3) is 0.409. The molecule has 2 aromatic carbocycles. The molecule has 5 nitrogen and oxygen atoms in total. The zero-order valence-corrected chi connectivity index (χ0v) is 15.1. The third-order valence-corrected chi connectivity index (χ3v) is 5.66. The van der Waals surface area contributed by atoms with Gasteiger partial charge in [-0.2, -0.15) is 0 Å². The summed E-state index contributed by atoms with van der Waals surface area (Å²) >= 11 is 0. The van der Waals surface area contributed by atoms with Gasteiger partial charge < -0.3 is 19.5 Å². The van der Waals surface area contributed by atoms with Gasteiger partial charge in [0.15, 0.2) is 0 Å². The number of hydrogen-bond acceptors (Lipinski definition) is 4. The van der Waals surface area contributed by atoms with E-state index in [4.69, 9.17) is 9.47 Å². The normalized spacial score (nSPS) is 22.1. The quantitative estimate of drug-likeness (QED) is 0.904. The predicted molar refractivity (Wildman–Crippen MR) is 100 cm³/mol. The molecule has 0 bridgehead atoms. The Kier molecular flexibility index (Phi) is 4.04. The van der Waals surface area contributed by atoms with E-state index >= 15 is 0 Å². The molecule has 27 heavy (non-hydrogen) atoms. The molecule has 1 N–H and O–H groups in total. The number of aliphatic hydroxyl groups excluding tert-OH is 1. The van der Waals surface area contributed by atoms with Gasteiger partial charge in [0, 0.05) is 12.1 Å². The van der Waals surface area contributed by atoms with Crippen molar-refractivity contribution in [3.05, 3.63) is 65.2 Å². The Hall–Kier alpha value is -2.21. The molecule has 1 saturated heterocycles. The number of benzene rings is 2. The van der Waals surface area contributed by atoms with E-state index < -0.39 is 11.9 Å². The predicted octanol–water partition coefficient (Wildman–Crippen LogP) is 3.11. The van der Waals surface area contributed by atoms with E-state index in [2.05, 4.69) is 0 Å². The summed E-state index contributed by atoms with van der Waals surface area (Å²) in [5.41, 5.74) is 3.12. The van der Waals surface area contributed by atoms with Gasteiger partial charge in [0.2, 0.25) is 0 Å². The van der Waals surface area contributed by atoms with Gasteiger partial charge in [-0.05, 0) is 48.4 Å². The molecule has 0 radical (unpaired) electrons. The average Bonchev–Trinajstić information content (AvgIpc) is 3.53. The summed E-state index contributed by atoms with van der Waals surface area (Å²) in [6, 6.07) is 15.2. The molecule has 3 aliphatic rings. The van der Waals surface area contributed by atoms with Gasteiger partial charge in [0.1, 0.15) is 6.10 Å². The van der Waals surface area contributed by atoms with Crippen LogP contribution >= 0.6 is 0 Å². The molecular weight excluding hydrogens is 342 g/mol. The first-order valence-electron chi connectivity index (χ1n) is 9.66. The molecule has 2 aliphatic heterocycles. The summed E-state index contributed by atoms with van der Waals surface area (Å²) < 4.78 is 11.9. The molecule has 140 valence electrons. The van der Waals surface area contributed by atoms with E-state index in [0.717, 1.165) is 28.8 Å². The lowest BCUT2D eigenvalue weighted by molar-refractivity contribution is -0.256. The molecule has 1 spiro atoms. The molecule has 2 heterocycles. The van der Waals surface area contributed by atoms with Crippen LogP contribution in [0.15, 0.2) is 48.5 Å². The number of nitrogens with zero attached hydrogens (tertiary/aromatic N) is 1. The average molecular weight is 365 g/mol. The second kappa shape index (κ2) is 6.44. The van der Waals surface area contributed by atoms with Crippen LogP contribution in [0.1, 0.15) is 42.1 Å². The lowest BCUT2D eigenvalue weighted by atomic mass is 9.96. The van der Waals surface area contributed by atoms with Crippen LogP contribution in [0.4, 0.5) is 5.69 Å². The smallest absolute Gasteiger partial charge is 0.292 e. The SMILES string of the molecule is O=C1N(CC2CC2)c2ccc(C(O)c3ccccc3)cc2C12OCCCO2. The Morgan fingerprint density at radius 1 is 1.07 bits per heavy atom. The number of carbonyl (C=O) groups is 1. The summed E-state index contributed by atoms with van der Waals surface area (Å²) in [4.78, 5) is 15.1. The Morgan fingerprint density at radius 2 is 1.81 bits per heavy atom. The first-order chi connectivity index (χ1) is 13.2. The fourth-order valence-corrected chi connectivity index (χ4v) is 4.00. The van der Waals surface area contributed by atoms with Crippen molar-refractivity contribution in [2.75, 3.05) is 24.7 Å². The van der Waals surface area contributed by atoms with Crippen molar-refractivity contribution in [1.82, 2.24) is 0 Å². The minimum Gasteiger partial charge on any atom is -0.384 e. The van der Waals surface area contributed by atoms with Crippen molar-refractivity contribution in [2.45, 2.75) is 31.2 Å². The number of anilines is 1. The number of fused-ring (bicyclic) bond motifs is 2. The highest BCUT2D eigenvalue weighted by Crippen LogP contribution is 2.47. The first kappa shape index (κ1) is 16.9. The highest BCUT2D eigenvalue weighted by Gasteiger charge is 2.55. The first-order valence-corrected chi connectivity index (χ1v) is 9.66. The van der Waals surface area contributed by atoms with Gasteiger partial charge in [-0.15, -0.1) is 0 Å². The van der Waals surface area contributed by atoms with Crippen LogP contribution in [0.3, 0.4) is 0 Å². The highest BCUT2D eigenvalue weighted by atomic mass is 16.7. The van der Waals surface area contributed by atoms with Crippen molar-refractivity contribution in [3.63, 3.8) is 0 Å². The molecule has 1 amide bonds. The Bertz CT molecular complexity index is 856. The van der Waals surface area contributed by atoms with Crippen LogP contribution in [-0.2, 0) is 20.1 Å². The van der Waals surface area contributed by atoms with E-state index in [1.54, 1.807) is 0 Å². The number of rotatable bonds is 4. The second-order valence-corrected chi connectivity index (χ2v) is 7.62. The molecule has 2 fully saturated rings. The lowest BCUT2D eigenvalue weighted by Gasteiger charge is -2.32. The largest absolute Gasteiger partial charge is 0.384 e. The molecular formula is C22H23NO4. The molecule has 5 rings (SSSR count). The number of hydrogen-bond donors (Lipinski definition) is 1. The third kappa shape index (κ3) is 2.78. The van der Waals surface area contributed by atoms with Gasteiger partial charge in [0.05, 0.1) is 18.9 Å². The third-order valence-electron chi connectivity index (χ3n) is 5.66. The summed E-state index contributed by atoms with van der Waals surface area (Å²) in [5.74, 6) is -0.917. The van der Waals surface area contributed by atoms with Gasteiger partial charge in [-0.25, -0.2) is 0 Å². The zero-order chi connectivity index (χ0) is 18.4. The number of aliphatic hydroxyl groups is 1. The number of carbonyl (C=O) groups excluding carboxylic acids is 1. The van der Waals surface area contributed by atoms with Gasteiger partial charge in [0.25, 0.3) is 11.7 Å². The summed E-state index contributed by atoms with van der Waals surface area (Å²) in [6.45, 7) is 1.70. The summed E-state index contributed by atoms with van der Waals surface area (Å²) in [5, 5.41) is 10.8. The van der Waals surface area contributed by atoms with E-state index in [9.17, 15) is 9.90 Å². The molecule has 1 unspecified atom stereocenters. The number of ether oxygens (including phenoxy) is 2.